The summed E-state index contributed by atoms with van der Waals surface area (Å²) in [5.74, 6) is 0.192. The van der Waals surface area contributed by atoms with E-state index in [4.69, 9.17) is 5.11 Å². The number of hydrogen-bond donors (Lipinski definition) is 1. The number of aromatic nitrogens is 1. The molecule has 2 aromatic rings. The van der Waals surface area contributed by atoms with Gasteiger partial charge in [-0.3, -0.25) is 4.79 Å². The monoisotopic (exact) mass is 231 g/mol. The van der Waals surface area contributed by atoms with Gasteiger partial charge in [-0.2, -0.15) is 0 Å². The highest BCUT2D eigenvalue weighted by Crippen LogP contribution is 2.16. The summed E-state index contributed by atoms with van der Waals surface area (Å²) in [5, 5.41) is 9.81. The van der Waals surface area contributed by atoms with Gasteiger partial charge in [0, 0.05) is 23.7 Å². The molecular formula is C14H17NO2. The van der Waals surface area contributed by atoms with Gasteiger partial charge in [-0.25, -0.2) is 0 Å². The third-order valence-electron chi connectivity index (χ3n) is 2.98. The smallest absolute Gasteiger partial charge is 0.192 e. The number of aliphatic hydroxyl groups excluding tert-OH is 1. The molecule has 0 fully saturated rings. The van der Waals surface area contributed by atoms with E-state index in [0.29, 0.717) is 6.54 Å². The van der Waals surface area contributed by atoms with E-state index in [0.717, 1.165) is 16.5 Å². The Morgan fingerprint density at radius 2 is 2.00 bits per heavy atom. The van der Waals surface area contributed by atoms with Gasteiger partial charge >= 0.3 is 0 Å². The van der Waals surface area contributed by atoms with Gasteiger partial charge in [0.05, 0.1) is 12.1 Å². The van der Waals surface area contributed by atoms with Gasteiger partial charge in [-0.1, -0.05) is 26.0 Å². The van der Waals surface area contributed by atoms with Crippen molar-refractivity contribution in [3.8, 4) is 0 Å². The van der Waals surface area contributed by atoms with Crippen LogP contribution in [0.15, 0.2) is 35.3 Å². The maximum absolute atomic E-state index is 12.3. The number of nitrogens with zero attached hydrogens (tertiary/aromatic N) is 1. The Bertz CT molecular complexity index is 584. The zero-order chi connectivity index (χ0) is 12.4. The molecule has 0 radical (unpaired) electrons. The van der Waals surface area contributed by atoms with Gasteiger partial charge in [-0.15, -0.1) is 0 Å². The number of fused-ring (bicyclic) bond motifs is 1. The largest absolute Gasteiger partial charge is 0.395 e. The quantitative estimate of drug-likeness (QED) is 0.879. The Morgan fingerprint density at radius 1 is 1.29 bits per heavy atom. The molecule has 0 aliphatic carbocycles. The van der Waals surface area contributed by atoms with Gasteiger partial charge in [0.2, 0.25) is 0 Å². The number of aliphatic hydroxyl groups is 1. The number of pyridine rings is 1. The average molecular weight is 231 g/mol. The van der Waals surface area contributed by atoms with Gasteiger partial charge < -0.3 is 9.67 Å². The van der Waals surface area contributed by atoms with Crippen LogP contribution in [0.25, 0.3) is 10.9 Å². The minimum atomic E-state index is 0.0738. The third-order valence-corrected chi connectivity index (χ3v) is 2.98. The van der Waals surface area contributed by atoms with Crippen LogP contribution in [0.3, 0.4) is 0 Å². The first kappa shape index (κ1) is 11.9. The summed E-state index contributed by atoms with van der Waals surface area (Å²) in [6, 6.07) is 7.54. The highest BCUT2D eigenvalue weighted by atomic mass is 16.3. The number of rotatable bonds is 3. The molecule has 0 aliphatic rings. The maximum atomic E-state index is 12.3. The molecule has 2 rings (SSSR count). The van der Waals surface area contributed by atoms with Crippen molar-refractivity contribution >= 4 is 10.9 Å². The lowest BCUT2D eigenvalue weighted by Crippen LogP contribution is -2.16. The highest BCUT2D eigenvalue weighted by molar-refractivity contribution is 5.79. The van der Waals surface area contributed by atoms with Crippen molar-refractivity contribution in [3.63, 3.8) is 0 Å². The van der Waals surface area contributed by atoms with E-state index in [9.17, 15) is 4.79 Å². The van der Waals surface area contributed by atoms with Gasteiger partial charge in [0.1, 0.15) is 0 Å². The minimum Gasteiger partial charge on any atom is -0.395 e. The van der Waals surface area contributed by atoms with Crippen LogP contribution in [0, 0.1) is 0 Å². The van der Waals surface area contributed by atoms with Crippen molar-refractivity contribution < 1.29 is 5.11 Å². The summed E-state index contributed by atoms with van der Waals surface area (Å²) < 4.78 is 1.95. The van der Waals surface area contributed by atoms with Crippen LogP contribution in [0.2, 0.25) is 0 Å². The summed E-state index contributed by atoms with van der Waals surface area (Å²) in [5.41, 5.74) is 1.79. The van der Waals surface area contributed by atoms with Crippen LogP contribution in [0.5, 0.6) is 0 Å². The number of para-hydroxylation sites is 1. The Morgan fingerprint density at radius 3 is 2.65 bits per heavy atom. The Labute approximate surface area is 100 Å². The SMILES string of the molecule is CC(C)c1cn(CCO)c2ccccc2c1=O. The van der Waals surface area contributed by atoms with Crippen molar-refractivity contribution in [1.82, 2.24) is 4.57 Å². The number of benzene rings is 1. The predicted molar refractivity (Wildman–Crippen MR) is 69.4 cm³/mol. The summed E-state index contributed by atoms with van der Waals surface area (Å²) >= 11 is 0. The molecule has 1 heterocycles. The molecule has 1 N–H and O–H groups in total. The molecule has 0 saturated heterocycles. The third kappa shape index (κ3) is 2.11. The lowest BCUT2D eigenvalue weighted by atomic mass is 10.0. The van der Waals surface area contributed by atoms with Crippen LogP contribution in [-0.4, -0.2) is 16.3 Å². The summed E-state index contributed by atoms with van der Waals surface area (Å²) in [6.45, 7) is 4.61. The average Bonchev–Trinajstić information content (AvgIpc) is 2.33. The zero-order valence-corrected chi connectivity index (χ0v) is 10.2. The Hall–Kier alpha value is -1.61. The van der Waals surface area contributed by atoms with Crippen molar-refractivity contribution in [2.24, 2.45) is 0 Å². The molecule has 0 unspecified atom stereocenters. The van der Waals surface area contributed by atoms with E-state index in [1.807, 2.05) is 48.9 Å². The van der Waals surface area contributed by atoms with E-state index in [1.54, 1.807) is 0 Å². The standard InChI is InChI=1S/C14H17NO2/c1-10(2)12-9-15(7-8-16)13-6-4-3-5-11(13)14(12)17/h3-6,9-10,16H,7-8H2,1-2H3. The van der Waals surface area contributed by atoms with Crippen LogP contribution in [0.4, 0.5) is 0 Å². The van der Waals surface area contributed by atoms with E-state index in [1.165, 1.54) is 0 Å². The molecule has 17 heavy (non-hydrogen) atoms. The molecule has 0 atom stereocenters. The van der Waals surface area contributed by atoms with Crippen molar-refractivity contribution in [2.75, 3.05) is 6.61 Å². The first-order chi connectivity index (χ1) is 8.15. The lowest BCUT2D eigenvalue weighted by Gasteiger charge is -2.13. The Kier molecular flexibility index (Phi) is 3.29. The lowest BCUT2D eigenvalue weighted by molar-refractivity contribution is 0.277. The fraction of sp³-hybridized carbons (Fsp3) is 0.357. The molecule has 1 aromatic carbocycles. The van der Waals surface area contributed by atoms with Crippen LogP contribution < -0.4 is 5.43 Å². The normalized spacial score (nSPS) is 11.3. The molecule has 3 nitrogen and oxygen atoms in total. The van der Waals surface area contributed by atoms with E-state index >= 15 is 0 Å². The number of hydrogen-bond acceptors (Lipinski definition) is 2. The van der Waals surface area contributed by atoms with Crippen molar-refractivity contribution in [3.05, 3.63) is 46.2 Å². The van der Waals surface area contributed by atoms with Crippen LogP contribution in [0.1, 0.15) is 25.3 Å². The summed E-state index contributed by atoms with van der Waals surface area (Å²) in [4.78, 5) is 12.3. The first-order valence-corrected chi connectivity index (χ1v) is 5.88. The van der Waals surface area contributed by atoms with Gasteiger partial charge in [0.25, 0.3) is 0 Å². The molecule has 90 valence electrons. The molecule has 0 bridgehead atoms. The molecular weight excluding hydrogens is 214 g/mol. The predicted octanol–water partition coefficient (Wildman–Crippen LogP) is 2.12. The molecule has 0 spiro atoms. The maximum Gasteiger partial charge on any atom is 0.192 e. The fourth-order valence-electron chi connectivity index (χ4n) is 2.07. The molecule has 3 heteroatoms. The minimum absolute atomic E-state index is 0.0738. The van der Waals surface area contributed by atoms with Gasteiger partial charge in [-0.05, 0) is 18.1 Å². The first-order valence-electron chi connectivity index (χ1n) is 5.88. The molecule has 0 saturated carbocycles. The van der Waals surface area contributed by atoms with E-state index in [-0.39, 0.29) is 18.0 Å². The van der Waals surface area contributed by atoms with Crippen LogP contribution in [-0.2, 0) is 6.54 Å². The highest BCUT2D eigenvalue weighted by Gasteiger charge is 2.10. The molecule has 0 aliphatic heterocycles. The van der Waals surface area contributed by atoms with E-state index < -0.39 is 0 Å². The zero-order valence-electron chi connectivity index (χ0n) is 10.2. The summed E-state index contributed by atoms with van der Waals surface area (Å²) in [6.07, 6.45) is 1.87. The van der Waals surface area contributed by atoms with Crippen molar-refractivity contribution in [1.29, 1.82) is 0 Å². The second-order valence-corrected chi connectivity index (χ2v) is 4.50. The second-order valence-electron chi connectivity index (χ2n) is 4.50. The van der Waals surface area contributed by atoms with Crippen LogP contribution >= 0.6 is 0 Å². The molecule has 1 aromatic heterocycles. The van der Waals surface area contributed by atoms with E-state index in [2.05, 4.69) is 0 Å². The Balaban J connectivity index is 2.80. The van der Waals surface area contributed by atoms with Gasteiger partial charge in [0.15, 0.2) is 5.43 Å². The molecule has 0 amide bonds. The topological polar surface area (TPSA) is 42.2 Å². The summed E-state index contributed by atoms with van der Waals surface area (Å²) in [7, 11) is 0. The van der Waals surface area contributed by atoms with Crippen molar-refractivity contribution in [2.45, 2.75) is 26.3 Å². The second kappa shape index (κ2) is 4.72. The fourth-order valence-corrected chi connectivity index (χ4v) is 2.07.